The molecule has 2 rings (SSSR count). The Morgan fingerprint density at radius 1 is 1.26 bits per heavy atom. The Hall–Kier alpha value is -1.61. The molecule has 0 amide bonds. The summed E-state index contributed by atoms with van der Waals surface area (Å²) >= 11 is 0. The average molecular weight is 372 g/mol. The molecule has 4 N–H and O–H groups in total. The fourth-order valence-electron chi connectivity index (χ4n) is 2.26. The van der Waals surface area contributed by atoms with E-state index in [-0.39, 0.29) is 6.08 Å². The zero-order chi connectivity index (χ0) is 17.7. The summed E-state index contributed by atoms with van der Waals surface area (Å²) in [6.45, 7) is 0. The molecule has 0 fully saturated rings. The van der Waals surface area contributed by atoms with Gasteiger partial charge in [-0.05, 0) is 17.4 Å². The van der Waals surface area contributed by atoms with Gasteiger partial charge in [0.1, 0.15) is 0 Å². The van der Waals surface area contributed by atoms with Crippen LogP contribution in [0.4, 0.5) is 8.78 Å². The average Bonchev–Trinajstić information content (AvgIpc) is 2.34. The molecular formula is C9H10F2N4O6S2. The first-order chi connectivity index (χ1) is 10.3. The molecule has 0 radical (unpaired) electrons. The molecule has 14 heteroatoms. The normalized spacial score (nSPS) is 32.4. The van der Waals surface area contributed by atoms with Crippen molar-refractivity contribution in [2.45, 2.75) is 22.5 Å². The first-order valence-electron chi connectivity index (χ1n) is 5.75. The summed E-state index contributed by atoms with van der Waals surface area (Å²) in [5.74, 6) is -3.56. The molecule has 1 aromatic heterocycles. The van der Waals surface area contributed by atoms with Gasteiger partial charge in [-0.25, -0.2) is 8.78 Å². The highest BCUT2D eigenvalue weighted by atomic mass is 32.2. The fraction of sp³-hybridized carbons (Fsp3) is 0.444. The smallest absolute Gasteiger partial charge is 0.298 e. The van der Waals surface area contributed by atoms with E-state index in [0.717, 1.165) is 12.3 Å². The Balaban J connectivity index is 2.82. The minimum absolute atomic E-state index is 0.121. The van der Waals surface area contributed by atoms with Gasteiger partial charge in [0.05, 0.1) is 18.3 Å². The van der Waals surface area contributed by atoms with Crippen LogP contribution in [0.2, 0.25) is 0 Å². The van der Waals surface area contributed by atoms with Crippen molar-refractivity contribution in [3.05, 3.63) is 24.0 Å². The number of hydrogen-bond donors (Lipinski definition) is 3. The summed E-state index contributed by atoms with van der Waals surface area (Å²) in [7, 11) is -10.7. The molecule has 1 aliphatic carbocycles. The van der Waals surface area contributed by atoms with E-state index in [9.17, 15) is 30.2 Å². The lowest BCUT2D eigenvalue weighted by molar-refractivity contribution is 0.104. The molecule has 0 aromatic carbocycles. The third-order valence-electron chi connectivity index (χ3n) is 3.13. The Bertz CT molecular complexity index is 857. The zero-order valence-corrected chi connectivity index (χ0v) is 12.7. The van der Waals surface area contributed by atoms with Crippen molar-refractivity contribution < 1.29 is 34.7 Å². The van der Waals surface area contributed by atoms with E-state index >= 15 is 0 Å². The van der Waals surface area contributed by atoms with Gasteiger partial charge in [0.25, 0.3) is 15.1 Å². The standard InChI is InChI=1S/C9H10F2N4O6S2/c10-8(23(19,20)21)3-5(6-1-2-13-15-14-6)7(22(16,17)18)9(11,12)4-8/h1-3,7H,4,12H2,(H,16,17,18)(H,19,20,21). The van der Waals surface area contributed by atoms with Crippen molar-refractivity contribution >= 4 is 25.8 Å². The fourth-order valence-corrected chi connectivity index (χ4v) is 4.02. The van der Waals surface area contributed by atoms with Crippen LogP contribution in [0.25, 0.3) is 5.57 Å². The molecule has 10 nitrogen and oxygen atoms in total. The van der Waals surface area contributed by atoms with Crippen LogP contribution >= 0.6 is 0 Å². The van der Waals surface area contributed by atoms with E-state index in [4.69, 9.17) is 10.3 Å². The molecule has 3 atom stereocenters. The molecular weight excluding hydrogens is 362 g/mol. The second-order valence-corrected chi connectivity index (χ2v) is 8.00. The van der Waals surface area contributed by atoms with Crippen LogP contribution in [0.15, 0.2) is 18.3 Å². The second kappa shape index (κ2) is 5.20. The molecule has 1 aromatic rings. The summed E-state index contributed by atoms with van der Waals surface area (Å²) in [5.41, 5.74) is 3.66. The molecule has 1 heterocycles. The van der Waals surface area contributed by atoms with Gasteiger partial charge in [-0.3, -0.25) is 14.8 Å². The van der Waals surface area contributed by atoms with Crippen molar-refractivity contribution in [2.24, 2.45) is 5.73 Å². The number of halogens is 2. The number of aromatic nitrogens is 3. The predicted molar refractivity (Wildman–Crippen MR) is 71.2 cm³/mol. The highest BCUT2D eigenvalue weighted by Gasteiger charge is 2.60. The molecule has 0 aliphatic heterocycles. The van der Waals surface area contributed by atoms with Crippen LogP contribution in [0.1, 0.15) is 12.1 Å². The van der Waals surface area contributed by atoms with Gasteiger partial charge < -0.3 is 0 Å². The monoisotopic (exact) mass is 372 g/mol. The van der Waals surface area contributed by atoms with Gasteiger partial charge in [0.2, 0.25) is 0 Å². The minimum atomic E-state index is -5.51. The molecule has 0 saturated heterocycles. The van der Waals surface area contributed by atoms with E-state index in [1.165, 1.54) is 0 Å². The van der Waals surface area contributed by atoms with Crippen molar-refractivity contribution in [3.8, 4) is 0 Å². The van der Waals surface area contributed by atoms with Crippen molar-refractivity contribution in [2.75, 3.05) is 0 Å². The van der Waals surface area contributed by atoms with Gasteiger partial charge >= 0.3 is 10.1 Å². The van der Waals surface area contributed by atoms with Crippen LogP contribution < -0.4 is 5.73 Å². The molecule has 0 spiro atoms. The third kappa shape index (κ3) is 3.20. The van der Waals surface area contributed by atoms with Gasteiger partial charge in [0.15, 0.2) is 11.0 Å². The van der Waals surface area contributed by atoms with Crippen LogP contribution in [0, 0.1) is 0 Å². The SMILES string of the molecule is NC1(F)CC(F)(S(=O)(=O)O)C=C(c2ccnnn2)C1S(=O)(=O)O. The predicted octanol–water partition coefficient (Wildman–Crippen LogP) is -0.907. The van der Waals surface area contributed by atoms with E-state index in [2.05, 4.69) is 15.4 Å². The maximum absolute atomic E-state index is 14.5. The van der Waals surface area contributed by atoms with Crippen LogP contribution in [0.5, 0.6) is 0 Å². The van der Waals surface area contributed by atoms with Crippen LogP contribution in [-0.2, 0) is 20.2 Å². The topological polar surface area (TPSA) is 173 Å². The lowest BCUT2D eigenvalue weighted by Gasteiger charge is -2.37. The van der Waals surface area contributed by atoms with Crippen LogP contribution in [-0.4, -0.2) is 57.4 Å². The van der Waals surface area contributed by atoms with Gasteiger partial charge in [-0.2, -0.15) is 16.8 Å². The number of nitrogens with zero attached hydrogens (tertiary/aromatic N) is 3. The summed E-state index contributed by atoms with van der Waals surface area (Å²) in [5, 5.41) is 3.42. The summed E-state index contributed by atoms with van der Waals surface area (Å²) < 4.78 is 92.4. The summed E-state index contributed by atoms with van der Waals surface area (Å²) in [6.07, 6.45) is -0.663. The third-order valence-corrected chi connectivity index (χ3v) is 5.49. The van der Waals surface area contributed by atoms with E-state index < -0.39 is 54.0 Å². The number of rotatable bonds is 3. The first-order valence-corrected chi connectivity index (χ1v) is 8.70. The van der Waals surface area contributed by atoms with Gasteiger partial charge in [0, 0.05) is 5.57 Å². The lowest BCUT2D eigenvalue weighted by atomic mass is 9.89. The number of hydrogen-bond acceptors (Lipinski definition) is 8. The van der Waals surface area contributed by atoms with E-state index in [1.807, 2.05) is 0 Å². The highest BCUT2D eigenvalue weighted by molar-refractivity contribution is 7.87. The molecule has 0 saturated carbocycles. The molecule has 3 unspecified atom stereocenters. The van der Waals surface area contributed by atoms with E-state index in [0.29, 0.717) is 0 Å². The summed E-state index contributed by atoms with van der Waals surface area (Å²) in [6, 6.07) is 0.961. The number of alkyl halides is 2. The minimum Gasteiger partial charge on any atom is -0.298 e. The Morgan fingerprint density at radius 2 is 1.87 bits per heavy atom. The van der Waals surface area contributed by atoms with Crippen molar-refractivity contribution in [1.82, 2.24) is 15.4 Å². The van der Waals surface area contributed by atoms with Gasteiger partial charge in [-0.15, -0.1) is 10.2 Å². The van der Waals surface area contributed by atoms with Gasteiger partial charge in [-0.1, -0.05) is 0 Å². The highest BCUT2D eigenvalue weighted by Crippen LogP contribution is 2.45. The first kappa shape index (κ1) is 17.7. The quantitative estimate of drug-likeness (QED) is 0.445. The second-order valence-electron chi connectivity index (χ2n) is 4.87. The van der Waals surface area contributed by atoms with E-state index in [1.54, 1.807) is 0 Å². The molecule has 0 bridgehead atoms. The zero-order valence-electron chi connectivity index (χ0n) is 11.0. The maximum atomic E-state index is 14.5. The van der Waals surface area contributed by atoms with Crippen LogP contribution in [0.3, 0.4) is 0 Å². The molecule has 128 valence electrons. The van der Waals surface area contributed by atoms with Crippen molar-refractivity contribution in [1.29, 1.82) is 0 Å². The Labute approximate surface area is 128 Å². The molecule has 1 aliphatic rings. The molecule has 23 heavy (non-hydrogen) atoms. The number of nitrogens with two attached hydrogens (primary N) is 1. The van der Waals surface area contributed by atoms with Crippen molar-refractivity contribution in [3.63, 3.8) is 0 Å². The maximum Gasteiger partial charge on any atom is 0.304 e. The lowest BCUT2D eigenvalue weighted by Crippen LogP contribution is -2.59. The largest absolute Gasteiger partial charge is 0.304 e. The Kier molecular flexibility index (Phi) is 4.01. The summed E-state index contributed by atoms with van der Waals surface area (Å²) in [4.78, 5) is 0. The Morgan fingerprint density at radius 3 is 2.30 bits per heavy atom.